The Hall–Kier alpha value is -1.55. The molecular weight excluding hydrogens is 364 g/mol. The van der Waals surface area contributed by atoms with Gasteiger partial charge in [0, 0.05) is 0 Å². The topological polar surface area (TPSA) is 55.8 Å². The molecule has 1 fully saturated rings. The van der Waals surface area contributed by atoms with Gasteiger partial charge in [-0.2, -0.15) is 0 Å². The first-order valence-electron chi connectivity index (χ1n) is 11.7. The van der Waals surface area contributed by atoms with Crippen LogP contribution in [0.4, 0.5) is 4.79 Å². The molecule has 0 atom stereocenters. The molecule has 0 unspecified atom stereocenters. The quantitative estimate of drug-likeness (QED) is 0.312. The van der Waals surface area contributed by atoms with Crippen LogP contribution in [0.3, 0.4) is 0 Å². The second kappa shape index (κ2) is 12.9. The first-order valence-corrected chi connectivity index (χ1v) is 11.7. The van der Waals surface area contributed by atoms with Crippen molar-refractivity contribution < 1.29 is 19.4 Å². The Kier molecular flexibility index (Phi) is 10.5. The predicted molar refractivity (Wildman–Crippen MR) is 117 cm³/mol. The molecule has 1 aromatic rings. The van der Waals surface area contributed by atoms with Crippen LogP contribution in [0.15, 0.2) is 24.3 Å². The second-order valence-corrected chi connectivity index (χ2v) is 8.52. The molecular formula is C25H40O4. The van der Waals surface area contributed by atoms with E-state index in [1.54, 1.807) is 0 Å². The minimum Gasteiger partial charge on any atom is -0.434 e. The first-order chi connectivity index (χ1) is 14.1. The fourth-order valence-electron chi connectivity index (χ4n) is 4.04. The maximum atomic E-state index is 11.7. The lowest BCUT2D eigenvalue weighted by Crippen LogP contribution is -2.35. The summed E-state index contributed by atoms with van der Waals surface area (Å²) in [6.07, 6.45) is 12.6. The highest BCUT2D eigenvalue weighted by Crippen LogP contribution is 2.38. The zero-order valence-corrected chi connectivity index (χ0v) is 18.5. The van der Waals surface area contributed by atoms with E-state index in [1.165, 1.54) is 44.1 Å². The standard InChI is InChI=1S/C25H40O4/c1-3-5-7-8-9-10-11-21-12-14-22(15-13-21)25(27)18-16-23(17-19-25)29-24(26)28-20-6-4-2/h12-15,23,27H,3-11,16-20H2,1-2H3. The van der Waals surface area contributed by atoms with Crippen LogP contribution in [0.2, 0.25) is 0 Å². The average Bonchev–Trinajstić information content (AvgIpc) is 2.73. The molecule has 1 saturated carbocycles. The van der Waals surface area contributed by atoms with Crippen LogP contribution >= 0.6 is 0 Å². The van der Waals surface area contributed by atoms with Gasteiger partial charge in [0.1, 0.15) is 6.10 Å². The summed E-state index contributed by atoms with van der Waals surface area (Å²) >= 11 is 0. The van der Waals surface area contributed by atoms with Gasteiger partial charge < -0.3 is 14.6 Å². The molecule has 29 heavy (non-hydrogen) atoms. The van der Waals surface area contributed by atoms with Crippen LogP contribution in [0.1, 0.15) is 102 Å². The largest absolute Gasteiger partial charge is 0.508 e. The van der Waals surface area contributed by atoms with Crippen molar-refractivity contribution in [3.63, 3.8) is 0 Å². The summed E-state index contributed by atoms with van der Waals surface area (Å²) in [5.41, 5.74) is 1.51. The number of carbonyl (C=O) groups is 1. The molecule has 1 aliphatic carbocycles. The number of unbranched alkanes of at least 4 members (excludes halogenated alkanes) is 6. The maximum Gasteiger partial charge on any atom is 0.508 e. The van der Waals surface area contributed by atoms with Gasteiger partial charge in [0.05, 0.1) is 12.2 Å². The van der Waals surface area contributed by atoms with Crippen molar-refractivity contribution in [1.82, 2.24) is 0 Å². The van der Waals surface area contributed by atoms with E-state index in [9.17, 15) is 9.90 Å². The van der Waals surface area contributed by atoms with Crippen molar-refractivity contribution in [3.8, 4) is 0 Å². The molecule has 1 aliphatic rings. The summed E-state index contributed by atoms with van der Waals surface area (Å²) in [5.74, 6) is 0. The summed E-state index contributed by atoms with van der Waals surface area (Å²) in [7, 11) is 0. The number of hydrogen-bond donors (Lipinski definition) is 1. The second-order valence-electron chi connectivity index (χ2n) is 8.52. The Bertz CT molecular complexity index is 573. The van der Waals surface area contributed by atoms with Gasteiger partial charge in [-0.05, 0) is 56.1 Å². The van der Waals surface area contributed by atoms with Gasteiger partial charge >= 0.3 is 6.16 Å². The van der Waals surface area contributed by atoms with E-state index in [2.05, 4.69) is 38.1 Å². The Morgan fingerprint density at radius 3 is 2.24 bits per heavy atom. The van der Waals surface area contributed by atoms with E-state index in [1.807, 2.05) is 0 Å². The van der Waals surface area contributed by atoms with E-state index >= 15 is 0 Å². The number of benzene rings is 1. The molecule has 1 N–H and O–H groups in total. The summed E-state index contributed by atoms with van der Waals surface area (Å²) < 4.78 is 10.5. The molecule has 4 heteroatoms. The number of aliphatic hydroxyl groups is 1. The molecule has 0 aliphatic heterocycles. The Morgan fingerprint density at radius 2 is 1.59 bits per heavy atom. The average molecular weight is 405 g/mol. The SMILES string of the molecule is CCCCCCCCc1ccc(C2(O)CCC(OC(=O)OCCCC)CC2)cc1. The van der Waals surface area contributed by atoms with Gasteiger partial charge in [0.2, 0.25) is 0 Å². The summed E-state index contributed by atoms with van der Waals surface area (Å²) in [5, 5.41) is 11.1. The minimum absolute atomic E-state index is 0.156. The molecule has 1 aromatic carbocycles. The minimum atomic E-state index is -0.815. The van der Waals surface area contributed by atoms with Gasteiger partial charge in [0.25, 0.3) is 0 Å². The van der Waals surface area contributed by atoms with Gasteiger partial charge in [0.15, 0.2) is 0 Å². The zero-order chi connectivity index (χ0) is 21.0. The molecule has 0 amide bonds. The van der Waals surface area contributed by atoms with Crippen molar-refractivity contribution in [2.75, 3.05) is 6.61 Å². The van der Waals surface area contributed by atoms with Crippen LogP contribution in [-0.2, 0) is 21.5 Å². The third kappa shape index (κ3) is 8.38. The number of ether oxygens (including phenoxy) is 2. The number of carbonyl (C=O) groups excluding carboxylic acids is 1. The number of rotatable bonds is 12. The molecule has 0 radical (unpaired) electrons. The lowest BCUT2D eigenvalue weighted by Gasteiger charge is -2.36. The molecule has 0 spiro atoms. The van der Waals surface area contributed by atoms with Crippen molar-refractivity contribution in [1.29, 1.82) is 0 Å². The summed E-state index contributed by atoms with van der Waals surface area (Å²) in [4.78, 5) is 11.7. The molecule has 4 nitrogen and oxygen atoms in total. The highest BCUT2D eigenvalue weighted by Gasteiger charge is 2.36. The highest BCUT2D eigenvalue weighted by molar-refractivity contribution is 5.60. The molecule has 0 heterocycles. The number of aryl methyl sites for hydroxylation is 1. The molecule has 164 valence electrons. The molecule has 0 aromatic heterocycles. The lowest BCUT2D eigenvalue weighted by atomic mass is 9.78. The van der Waals surface area contributed by atoms with Gasteiger partial charge in [-0.15, -0.1) is 0 Å². The van der Waals surface area contributed by atoms with E-state index < -0.39 is 11.8 Å². The van der Waals surface area contributed by atoms with E-state index in [0.717, 1.165) is 24.8 Å². The van der Waals surface area contributed by atoms with Crippen LogP contribution in [0.5, 0.6) is 0 Å². The van der Waals surface area contributed by atoms with Crippen LogP contribution < -0.4 is 0 Å². The maximum absolute atomic E-state index is 11.7. The smallest absolute Gasteiger partial charge is 0.434 e. The lowest BCUT2D eigenvalue weighted by molar-refractivity contribution is -0.0537. The number of hydrogen-bond acceptors (Lipinski definition) is 4. The zero-order valence-electron chi connectivity index (χ0n) is 18.5. The first kappa shape index (κ1) is 23.7. The van der Waals surface area contributed by atoms with Gasteiger partial charge in [-0.3, -0.25) is 0 Å². The van der Waals surface area contributed by atoms with Crippen molar-refractivity contribution in [2.24, 2.45) is 0 Å². The summed E-state index contributed by atoms with van der Waals surface area (Å²) in [6.45, 7) is 4.71. The van der Waals surface area contributed by atoms with Crippen LogP contribution in [-0.4, -0.2) is 24.0 Å². The fraction of sp³-hybridized carbons (Fsp3) is 0.720. The van der Waals surface area contributed by atoms with Crippen molar-refractivity contribution >= 4 is 6.16 Å². The fourth-order valence-corrected chi connectivity index (χ4v) is 4.04. The third-order valence-corrected chi connectivity index (χ3v) is 6.05. The summed E-state index contributed by atoms with van der Waals surface area (Å²) in [6, 6.07) is 8.47. The Balaban J connectivity index is 1.73. The van der Waals surface area contributed by atoms with Crippen molar-refractivity contribution in [2.45, 2.75) is 109 Å². The van der Waals surface area contributed by atoms with E-state index in [-0.39, 0.29) is 6.10 Å². The third-order valence-electron chi connectivity index (χ3n) is 6.05. The van der Waals surface area contributed by atoms with E-state index in [4.69, 9.17) is 9.47 Å². The molecule has 2 rings (SSSR count). The molecule has 0 bridgehead atoms. The van der Waals surface area contributed by atoms with Crippen LogP contribution in [0.25, 0.3) is 0 Å². The predicted octanol–water partition coefficient (Wildman–Crippen LogP) is 6.67. The monoisotopic (exact) mass is 404 g/mol. The van der Waals surface area contributed by atoms with Gasteiger partial charge in [-0.25, -0.2) is 4.79 Å². The highest BCUT2D eigenvalue weighted by atomic mass is 16.7. The van der Waals surface area contributed by atoms with Crippen molar-refractivity contribution in [3.05, 3.63) is 35.4 Å². The van der Waals surface area contributed by atoms with Gasteiger partial charge in [-0.1, -0.05) is 76.6 Å². The Labute approximate surface area is 177 Å². The Morgan fingerprint density at radius 1 is 0.966 bits per heavy atom. The van der Waals surface area contributed by atoms with Crippen LogP contribution in [0, 0.1) is 0 Å². The van der Waals surface area contributed by atoms with E-state index in [0.29, 0.717) is 32.3 Å². The normalized spacial score (nSPS) is 21.7. The molecule has 0 saturated heterocycles.